The highest BCUT2D eigenvalue weighted by Crippen LogP contribution is 2.18. The normalized spacial score (nSPS) is 15.0. The number of hydrogen-bond donors (Lipinski definition) is 2. The Labute approximate surface area is 145 Å². The second-order valence-corrected chi connectivity index (χ2v) is 6.07. The van der Waals surface area contributed by atoms with E-state index >= 15 is 0 Å². The lowest BCUT2D eigenvalue weighted by atomic mass is 9.95. The molecule has 0 spiro atoms. The topological polar surface area (TPSA) is 95.2 Å². The Hall–Kier alpha value is -2.96. The van der Waals surface area contributed by atoms with Gasteiger partial charge in [-0.15, -0.1) is 0 Å². The SMILES string of the molecule is O=C(NCc1ccccc1)C1CCN(C(=O)c2c[nH]c(=O)cn2)CC1. The molecule has 25 heavy (non-hydrogen) atoms. The summed E-state index contributed by atoms with van der Waals surface area (Å²) in [6.07, 6.45) is 3.66. The summed E-state index contributed by atoms with van der Waals surface area (Å²) in [5.74, 6) is -0.284. The maximum Gasteiger partial charge on any atom is 0.273 e. The zero-order chi connectivity index (χ0) is 17.6. The summed E-state index contributed by atoms with van der Waals surface area (Å²) in [5.41, 5.74) is 0.935. The van der Waals surface area contributed by atoms with E-state index in [1.807, 2.05) is 30.3 Å². The Bertz CT molecular complexity index is 775. The van der Waals surface area contributed by atoms with Crippen molar-refractivity contribution in [3.8, 4) is 0 Å². The molecule has 1 fully saturated rings. The molecule has 2 amide bonds. The van der Waals surface area contributed by atoms with E-state index in [-0.39, 0.29) is 29.0 Å². The van der Waals surface area contributed by atoms with Crippen molar-refractivity contribution in [3.63, 3.8) is 0 Å². The minimum absolute atomic E-state index is 0.0260. The molecule has 2 heterocycles. The summed E-state index contributed by atoms with van der Waals surface area (Å²) in [4.78, 5) is 43.6. The number of rotatable bonds is 4. The van der Waals surface area contributed by atoms with Crippen LogP contribution in [-0.4, -0.2) is 39.8 Å². The van der Waals surface area contributed by atoms with Crippen LogP contribution in [0.15, 0.2) is 47.5 Å². The van der Waals surface area contributed by atoms with Crippen LogP contribution >= 0.6 is 0 Å². The van der Waals surface area contributed by atoms with Gasteiger partial charge in [0.25, 0.3) is 11.5 Å². The van der Waals surface area contributed by atoms with Gasteiger partial charge in [0.2, 0.25) is 5.91 Å². The second-order valence-electron chi connectivity index (χ2n) is 6.07. The molecule has 0 bridgehead atoms. The number of carbonyl (C=O) groups is 2. The number of piperidine rings is 1. The summed E-state index contributed by atoms with van der Waals surface area (Å²) in [6.45, 7) is 1.52. The maximum absolute atomic E-state index is 12.3. The first kappa shape index (κ1) is 16.9. The van der Waals surface area contributed by atoms with Gasteiger partial charge in [0.05, 0.1) is 6.20 Å². The van der Waals surface area contributed by atoms with Crippen LogP contribution in [0.1, 0.15) is 28.9 Å². The van der Waals surface area contributed by atoms with E-state index in [4.69, 9.17) is 0 Å². The third-order valence-corrected chi connectivity index (χ3v) is 4.35. The summed E-state index contributed by atoms with van der Waals surface area (Å²) in [5, 5.41) is 2.96. The zero-order valence-corrected chi connectivity index (χ0v) is 13.8. The highest BCUT2D eigenvalue weighted by atomic mass is 16.2. The maximum atomic E-state index is 12.3. The van der Waals surface area contributed by atoms with Crippen molar-refractivity contribution >= 4 is 11.8 Å². The van der Waals surface area contributed by atoms with Crippen LogP contribution in [0.2, 0.25) is 0 Å². The van der Waals surface area contributed by atoms with Crippen LogP contribution < -0.4 is 10.9 Å². The first-order valence-electron chi connectivity index (χ1n) is 8.29. The molecule has 0 unspecified atom stereocenters. The van der Waals surface area contributed by atoms with Gasteiger partial charge in [0.15, 0.2) is 0 Å². The molecular formula is C18H20N4O3. The van der Waals surface area contributed by atoms with Crippen molar-refractivity contribution in [1.29, 1.82) is 0 Å². The molecule has 2 aromatic rings. The number of benzene rings is 1. The van der Waals surface area contributed by atoms with Gasteiger partial charge in [0, 0.05) is 31.7 Å². The molecule has 0 radical (unpaired) electrons. The van der Waals surface area contributed by atoms with E-state index in [0.29, 0.717) is 32.5 Å². The predicted octanol–water partition coefficient (Wildman–Crippen LogP) is 0.938. The van der Waals surface area contributed by atoms with Gasteiger partial charge in [-0.1, -0.05) is 30.3 Å². The average Bonchev–Trinajstić information content (AvgIpc) is 2.67. The Morgan fingerprint density at radius 1 is 1.20 bits per heavy atom. The summed E-state index contributed by atoms with van der Waals surface area (Å²) in [7, 11) is 0. The van der Waals surface area contributed by atoms with Gasteiger partial charge in [-0.2, -0.15) is 0 Å². The quantitative estimate of drug-likeness (QED) is 0.866. The number of nitrogens with one attached hydrogen (secondary N) is 2. The van der Waals surface area contributed by atoms with E-state index < -0.39 is 0 Å². The monoisotopic (exact) mass is 340 g/mol. The van der Waals surface area contributed by atoms with E-state index in [2.05, 4.69) is 15.3 Å². The number of nitrogens with zero attached hydrogens (tertiary/aromatic N) is 2. The molecule has 7 nitrogen and oxygen atoms in total. The standard InChI is InChI=1S/C18H20N4O3/c23-16-12-19-15(11-20-16)18(25)22-8-6-14(7-9-22)17(24)21-10-13-4-2-1-3-5-13/h1-5,11-12,14H,6-10H2,(H,20,23)(H,21,24). The minimum Gasteiger partial charge on any atom is -0.352 e. The first-order chi connectivity index (χ1) is 12.1. The fourth-order valence-electron chi connectivity index (χ4n) is 2.90. The fraction of sp³-hybridized carbons (Fsp3) is 0.333. The molecule has 0 atom stereocenters. The van der Waals surface area contributed by atoms with Crippen molar-refractivity contribution in [1.82, 2.24) is 20.2 Å². The van der Waals surface area contributed by atoms with Crippen LogP contribution in [0.5, 0.6) is 0 Å². The number of aromatic nitrogens is 2. The number of amides is 2. The molecule has 2 N–H and O–H groups in total. The Balaban J connectivity index is 1.49. The lowest BCUT2D eigenvalue weighted by molar-refractivity contribution is -0.126. The van der Waals surface area contributed by atoms with Crippen molar-refractivity contribution in [3.05, 3.63) is 64.3 Å². The smallest absolute Gasteiger partial charge is 0.273 e. The molecule has 1 aliphatic rings. The fourth-order valence-corrected chi connectivity index (χ4v) is 2.90. The molecule has 1 saturated heterocycles. The summed E-state index contributed by atoms with van der Waals surface area (Å²) in [6, 6.07) is 9.76. The van der Waals surface area contributed by atoms with Crippen LogP contribution in [0.25, 0.3) is 0 Å². The molecule has 3 rings (SSSR count). The Kier molecular flexibility index (Phi) is 5.23. The van der Waals surface area contributed by atoms with Crippen molar-refractivity contribution in [2.24, 2.45) is 5.92 Å². The lowest BCUT2D eigenvalue weighted by Crippen LogP contribution is -2.43. The average molecular weight is 340 g/mol. The predicted molar refractivity (Wildman–Crippen MR) is 91.8 cm³/mol. The second kappa shape index (κ2) is 7.74. The van der Waals surface area contributed by atoms with Gasteiger partial charge >= 0.3 is 0 Å². The third kappa shape index (κ3) is 4.32. The Morgan fingerprint density at radius 3 is 2.56 bits per heavy atom. The summed E-state index contributed by atoms with van der Waals surface area (Å²) < 4.78 is 0. The van der Waals surface area contributed by atoms with Gasteiger partial charge in [0.1, 0.15) is 5.69 Å². The van der Waals surface area contributed by atoms with Crippen LogP contribution in [0.3, 0.4) is 0 Å². The molecule has 130 valence electrons. The lowest BCUT2D eigenvalue weighted by Gasteiger charge is -2.31. The largest absolute Gasteiger partial charge is 0.352 e. The molecule has 1 aromatic heterocycles. The first-order valence-corrected chi connectivity index (χ1v) is 8.29. The van der Waals surface area contributed by atoms with Gasteiger partial charge < -0.3 is 15.2 Å². The minimum atomic E-state index is -0.342. The zero-order valence-electron chi connectivity index (χ0n) is 13.8. The van der Waals surface area contributed by atoms with E-state index in [9.17, 15) is 14.4 Å². The number of carbonyl (C=O) groups excluding carboxylic acids is 2. The highest BCUT2D eigenvalue weighted by Gasteiger charge is 2.28. The van der Waals surface area contributed by atoms with Crippen LogP contribution in [0.4, 0.5) is 0 Å². The van der Waals surface area contributed by atoms with Crippen molar-refractivity contribution in [2.75, 3.05) is 13.1 Å². The number of likely N-dealkylation sites (tertiary alicyclic amines) is 1. The van der Waals surface area contributed by atoms with Gasteiger partial charge in [-0.3, -0.25) is 14.4 Å². The molecule has 0 aliphatic carbocycles. The third-order valence-electron chi connectivity index (χ3n) is 4.35. The highest BCUT2D eigenvalue weighted by molar-refractivity contribution is 5.92. The van der Waals surface area contributed by atoms with E-state index in [1.165, 1.54) is 6.20 Å². The molecular weight excluding hydrogens is 320 g/mol. The number of aromatic amines is 1. The van der Waals surface area contributed by atoms with E-state index in [1.54, 1.807) is 4.90 Å². The molecule has 7 heteroatoms. The van der Waals surface area contributed by atoms with Gasteiger partial charge in [-0.25, -0.2) is 4.98 Å². The van der Waals surface area contributed by atoms with Crippen LogP contribution in [-0.2, 0) is 11.3 Å². The van der Waals surface area contributed by atoms with Crippen molar-refractivity contribution in [2.45, 2.75) is 19.4 Å². The van der Waals surface area contributed by atoms with E-state index in [0.717, 1.165) is 11.8 Å². The van der Waals surface area contributed by atoms with Gasteiger partial charge in [-0.05, 0) is 18.4 Å². The molecule has 1 aliphatic heterocycles. The molecule has 0 saturated carbocycles. The van der Waals surface area contributed by atoms with Crippen LogP contribution in [0, 0.1) is 5.92 Å². The van der Waals surface area contributed by atoms with Crippen molar-refractivity contribution < 1.29 is 9.59 Å². The summed E-state index contributed by atoms with van der Waals surface area (Å²) >= 11 is 0. The number of H-pyrrole nitrogens is 1. The Morgan fingerprint density at radius 2 is 1.92 bits per heavy atom. The number of hydrogen-bond acceptors (Lipinski definition) is 4. The molecule has 1 aromatic carbocycles.